The molecule has 3 aromatic rings. The number of benzene rings is 2. The minimum atomic E-state index is -2.66. The zero-order valence-corrected chi connectivity index (χ0v) is 16.5. The van der Waals surface area contributed by atoms with Gasteiger partial charge in [0.2, 0.25) is 0 Å². The zero-order chi connectivity index (χ0) is 25.2. The second-order valence-electron chi connectivity index (χ2n) is 6.84. The molecule has 2 aromatic carbocycles. The molecule has 0 saturated carbocycles. The van der Waals surface area contributed by atoms with Crippen molar-refractivity contribution < 1.29 is 32.8 Å². The second kappa shape index (κ2) is 9.04. The molecule has 1 aliphatic rings. The highest BCUT2D eigenvalue weighted by Gasteiger charge is 2.39. The lowest BCUT2D eigenvalue weighted by atomic mass is 10.1. The van der Waals surface area contributed by atoms with E-state index in [9.17, 15) is 19.5 Å². The van der Waals surface area contributed by atoms with Crippen molar-refractivity contribution in [3.63, 3.8) is 0 Å². The molecule has 11 heteroatoms. The predicted octanol–water partition coefficient (Wildman–Crippen LogP) is 0.770. The van der Waals surface area contributed by atoms with Gasteiger partial charge in [-0.2, -0.15) is 0 Å². The average molecular weight is 443 g/mol. The predicted molar refractivity (Wildman–Crippen MR) is 112 cm³/mol. The molecule has 11 nitrogen and oxygen atoms in total. The summed E-state index contributed by atoms with van der Waals surface area (Å²) in [7, 11) is -2.66. The molecule has 0 radical (unpaired) electrons. The Morgan fingerprint density at radius 3 is 2.88 bits per heavy atom. The first-order chi connectivity index (χ1) is 16.6. The number of aromatic nitrogens is 2. The summed E-state index contributed by atoms with van der Waals surface area (Å²) in [5.74, 6) is -2.00. The third-order valence-corrected chi connectivity index (χ3v) is 4.79. The minimum absolute atomic E-state index is 0.0368. The standard InChI is InChI=1S/C21H20N4O7/c1-30-15-4-2-3-14(11-15)25-9-10-31-17(20(25)28)16(26)19(27)22-13-7-5-12(6-8-13)18-23-21(29)32-24-18/h2-8,11,16-17,26H,9-10H2,1H3,(H,22,27)(H,23,24,29)/t16-,17-/m1/s1/i1D3. The van der Waals surface area contributed by atoms with Gasteiger partial charge in [0.25, 0.3) is 11.8 Å². The van der Waals surface area contributed by atoms with Crippen molar-refractivity contribution in [1.82, 2.24) is 10.1 Å². The lowest BCUT2D eigenvalue weighted by Gasteiger charge is -2.34. The summed E-state index contributed by atoms with van der Waals surface area (Å²) < 4.78 is 36.4. The summed E-state index contributed by atoms with van der Waals surface area (Å²) in [5, 5.41) is 16.6. The molecule has 1 aromatic heterocycles. The number of rotatable bonds is 6. The molecule has 1 saturated heterocycles. The summed E-state index contributed by atoms with van der Waals surface area (Å²) >= 11 is 0. The van der Waals surface area contributed by atoms with Crippen molar-refractivity contribution in [3.8, 4) is 17.1 Å². The number of nitrogens with one attached hydrogen (secondary N) is 2. The van der Waals surface area contributed by atoms with E-state index >= 15 is 0 Å². The fraction of sp³-hybridized carbons (Fsp3) is 0.238. The van der Waals surface area contributed by atoms with Crippen LogP contribution in [-0.4, -0.2) is 59.5 Å². The first-order valence-electron chi connectivity index (χ1n) is 11.0. The summed E-state index contributed by atoms with van der Waals surface area (Å²) in [5.41, 5.74) is 1.18. The first kappa shape index (κ1) is 17.7. The van der Waals surface area contributed by atoms with Crippen molar-refractivity contribution in [1.29, 1.82) is 0 Å². The van der Waals surface area contributed by atoms with Gasteiger partial charge in [-0.3, -0.25) is 19.1 Å². The minimum Gasteiger partial charge on any atom is -0.497 e. The molecule has 32 heavy (non-hydrogen) atoms. The largest absolute Gasteiger partial charge is 0.497 e. The molecule has 3 N–H and O–H groups in total. The molecule has 2 amide bonds. The van der Waals surface area contributed by atoms with Crippen LogP contribution in [0.5, 0.6) is 5.75 Å². The van der Waals surface area contributed by atoms with Crippen LogP contribution in [0.15, 0.2) is 57.8 Å². The summed E-state index contributed by atoms with van der Waals surface area (Å²) in [6.07, 6.45) is -3.30. The highest BCUT2D eigenvalue weighted by molar-refractivity contribution is 6.03. The quantitative estimate of drug-likeness (QED) is 0.506. The Bertz CT molecular complexity index is 1270. The van der Waals surface area contributed by atoms with E-state index in [1.54, 1.807) is 18.2 Å². The number of carbonyl (C=O) groups excluding carboxylic acids is 2. The fourth-order valence-corrected chi connectivity index (χ4v) is 3.22. The van der Waals surface area contributed by atoms with Crippen LogP contribution in [0.4, 0.5) is 11.4 Å². The maximum Gasteiger partial charge on any atom is 0.439 e. The molecule has 0 unspecified atom stereocenters. The van der Waals surface area contributed by atoms with Crippen LogP contribution in [-0.2, 0) is 14.3 Å². The Morgan fingerprint density at radius 1 is 1.34 bits per heavy atom. The van der Waals surface area contributed by atoms with Gasteiger partial charge in [-0.15, -0.1) is 0 Å². The third-order valence-electron chi connectivity index (χ3n) is 4.79. The molecule has 0 spiro atoms. The number of ether oxygens (including phenoxy) is 2. The van der Waals surface area contributed by atoms with Crippen LogP contribution in [0.1, 0.15) is 4.11 Å². The number of aliphatic hydroxyl groups is 1. The Kier molecular flexibility index (Phi) is 5.00. The number of morpholine rings is 1. The number of carbonyl (C=O) groups is 2. The van der Waals surface area contributed by atoms with Crippen molar-refractivity contribution in [2.24, 2.45) is 0 Å². The normalized spacial score (nSPS) is 18.9. The average Bonchev–Trinajstić information content (AvgIpc) is 3.24. The summed E-state index contributed by atoms with van der Waals surface area (Å²) in [6.45, 7) is 0.169. The van der Waals surface area contributed by atoms with E-state index in [-0.39, 0.29) is 24.7 Å². The van der Waals surface area contributed by atoms with E-state index in [1.165, 1.54) is 35.2 Å². The number of methoxy groups -OCH3 is 1. The van der Waals surface area contributed by atoms with Crippen LogP contribution in [0, 0.1) is 0 Å². The number of anilines is 2. The monoisotopic (exact) mass is 443 g/mol. The van der Waals surface area contributed by atoms with Gasteiger partial charge in [0.15, 0.2) is 18.0 Å². The summed E-state index contributed by atoms with van der Waals surface area (Å²) in [6, 6.07) is 12.1. The van der Waals surface area contributed by atoms with Gasteiger partial charge in [-0.1, -0.05) is 11.2 Å². The van der Waals surface area contributed by atoms with Gasteiger partial charge in [0.05, 0.1) is 17.8 Å². The third kappa shape index (κ3) is 4.38. The lowest BCUT2D eigenvalue weighted by molar-refractivity contribution is -0.150. The molecule has 2 heterocycles. The molecule has 0 bridgehead atoms. The van der Waals surface area contributed by atoms with Crippen LogP contribution >= 0.6 is 0 Å². The lowest BCUT2D eigenvalue weighted by Crippen LogP contribution is -2.55. The van der Waals surface area contributed by atoms with Gasteiger partial charge in [0, 0.05) is 29.5 Å². The van der Waals surface area contributed by atoms with Crippen molar-refractivity contribution >= 4 is 23.2 Å². The van der Waals surface area contributed by atoms with Gasteiger partial charge in [-0.25, -0.2) is 4.79 Å². The second-order valence-corrected chi connectivity index (χ2v) is 6.84. The van der Waals surface area contributed by atoms with Crippen LogP contribution in [0.25, 0.3) is 11.4 Å². The smallest absolute Gasteiger partial charge is 0.439 e. The number of H-pyrrole nitrogens is 1. The maximum absolute atomic E-state index is 13.0. The van der Waals surface area contributed by atoms with Gasteiger partial charge in [0.1, 0.15) is 5.75 Å². The van der Waals surface area contributed by atoms with E-state index in [0.29, 0.717) is 16.9 Å². The Labute approximate surface area is 185 Å². The fourth-order valence-electron chi connectivity index (χ4n) is 3.22. The number of hydrogen-bond donors (Lipinski definition) is 3. The number of amides is 2. The van der Waals surface area contributed by atoms with E-state index in [4.69, 9.17) is 13.6 Å². The Morgan fingerprint density at radius 2 is 2.16 bits per heavy atom. The zero-order valence-electron chi connectivity index (χ0n) is 19.5. The SMILES string of the molecule is [2H]C([2H])([2H])Oc1cccc(N2CCO[C@H]([C@@H](O)C(=O)Nc3ccc(-c4noc(=O)[nH]4)cc3)C2=O)c1. The van der Waals surface area contributed by atoms with Crippen LogP contribution in [0.2, 0.25) is 0 Å². The van der Waals surface area contributed by atoms with E-state index < -0.39 is 36.8 Å². The Balaban J connectivity index is 1.43. The molecular weight excluding hydrogens is 420 g/mol. The van der Waals surface area contributed by atoms with E-state index in [0.717, 1.165) is 0 Å². The van der Waals surface area contributed by atoms with Crippen molar-refractivity contribution in [3.05, 3.63) is 59.1 Å². The molecule has 0 aliphatic carbocycles. The Hall–Kier alpha value is -3.96. The summed E-state index contributed by atoms with van der Waals surface area (Å²) in [4.78, 5) is 40.3. The molecule has 4 rings (SSSR count). The molecule has 166 valence electrons. The van der Waals surface area contributed by atoms with Crippen molar-refractivity contribution in [2.75, 3.05) is 30.4 Å². The van der Waals surface area contributed by atoms with E-state index in [2.05, 4.69) is 20.0 Å². The highest BCUT2D eigenvalue weighted by atomic mass is 16.5. The van der Waals surface area contributed by atoms with Crippen LogP contribution < -0.4 is 20.7 Å². The highest BCUT2D eigenvalue weighted by Crippen LogP contribution is 2.25. The molecule has 2 atom stereocenters. The number of aliphatic hydroxyl groups excluding tert-OH is 1. The molecular formula is C21H20N4O7. The first-order valence-corrected chi connectivity index (χ1v) is 9.48. The van der Waals surface area contributed by atoms with Crippen molar-refractivity contribution in [2.45, 2.75) is 12.2 Å². The van der Waals surface area contributed by atoms with Gasteiger partial charge >= 0.3 is 5.76 Å². The maximum atomic E-state index is 13.0. The molecule has 1 fully saturated rings. The van der Waals surface area contributed by atoms with E-state index in [1.807, 2.05) is 0 Å². The molecule has 1 aliphatic heterocycles. The van der Waals surface area contributed by atoms with Crippen LogP contribution in [0.3, 0.4) is 0 Å². The van der Waals surface area contributed by atoms with Gasteiger partial charge < -0.3 is 24.8 Å². The number of hydrogen-bond acceptors (Lipinski definition) is 8. The number of nitrogens with zero attached hydrogens (tertiary/aromatic N) is 2. The number of aromatic amines is 1. The van der Waals surface area contributed by atoms with Gasteiger partial charge in [-0.05, 0) is 36.4 Å². The topological polar surface area (TPSA) is 147 Å².